The highest BCUT2D eigenvalue weighted by atomic mass is 16.5. The molecule has 5 heteroatoms. The molecular weight excluding hydrogens is 288 g/mol. The minimum absolute atomic E-state index is 0.00440. The van der Waals surface area contributed by atoms with Crippen LogP contribution in [0.5, 0.6) is 0 Å². The summed E-state index contributed by atoms with van der Waals surface area (Å²) in [5.41, 5.74) is 9.09. The molecule has 23 heavy (non-hydrogen) atoms. The van der Waals surface area contributed by atoms with Gasteiger partial charge in [0.25, 0.3) is 0 Å². The molecule has 0 radical (unpaired) electrons. The summed E-state index contributed by atoms with van der Waals surface area (Å²) in [7, 11) is 0. The van der Waals surface area contributed by atoms with Crippen molar-refractivity contribution in [2.24, 2.45) is 10.7 Å². The maximum absolute atomic E-state index is 6.16. The first-order valence-corrected chi connectivity index (χ1v) is 8.51. The molecular formula is C18H28N4O. The molecule has 5 nitrogen and oxygen atoms in total. The Hall–Kier alpha value is -1.59. The zero-order valence-electron chi connectivity index (χ0n) is 14.3. The third-order valence-electron chi connectivity index (χ3n) is 4.95. The summed E-state index contributed by atoms with van der Waals surface area (Å²) in [5, 5.41) is 0. The van der Waals surface area contributed by atoms with Gasteiger partial charge in [-0.25, -0.2) is 0 Å². The van der Waals surface area contributed by atoms with Gasteiger partial charge in [0.1, 0.15) is 0 Å². The number of rotatable bonds is 3. The quantitative estimate of drug-likeness (QED) is 0.678. The number of ether oxygens (including phenoxy) is 1. The maximum atomic E-state index is 6.16. The fourth-order valence-electron chi connectivity index (χ4n) is 3.28. The van der Waals surface area contributed by atoms with E-state index in [1.165, 1.54) is 11.1 Å². The summed E-state index contributed by atoms with van der Waals surface area (Å²) < 4.78 is 5.36. The van der Waals surface area contributed by atoms with Crippen molar-refractivity contribution in [3.63, 3.8) is 0 Å². The Kier molecular flexibility index (Phi) is 4.87. The standard InChI is InChI=1S/C18H28N4O/c1-18(2,14-20-17(19)21-9-11-23-12-10-21)22-8-7-15-5-3-4-6-16(15)13-22/h3-6H,7-14H2,1-2H3,(H2,19,20). The van der Waals surface area contributed by atoms with Crippen molar-refractivity contribution < 1.29 is 4.74 Å². The van der Waals surface area contributed by atoms with E-state index in [-0.39, 0.29) is 5.54 Å². The first-order chi connectivity index (χ1) is 11.1. The van der Waals surface area contributed by atoms with E-state index < -0.39 is 0 Å². The van der Waals surface area contributed by atoms with Crippen LogP contribution in [0.15, 0.2) is 29.3 Å². The van der Waals surface area contributed by atoms with E-state index in [1.54, 1.807) is 0 Å². The van der Waals surface area contributed by atoms with Crippen molar-refractivity contribution in [1.82, 2.24) is 9.80 Å². The van der Waals surface area contributed by atoms with Gasteiger partial charge in [-0.15, -0.1) is 0 Å². The average molecular weight is 316 g/mol. The number of aliphatic imine (C=N–C) groups is 1. The largest absolute Gasteiger partial charge is 0.378 e. The van der Waals surface area contributed by atoms with Gasteiger partial charge in [0.15, 0.2) is 5.96 Å². The second-order valence-corrected chi connectivity index (χ2v) is 7.03. The maximum Gasteiger partial charge on any atom is 0.191 e. The number of nitrogens with zero attached hydrogens (tertiary/aromatic N) is 3. The Bertz CT molecular complexity index is 564. The summed E-state index contributed by atoms with van der Waals surface area (Å²) in [6.45, 7) is 10.5. The number of guanidine groups is 1. The fraction of sp³-hybridized carbons (Fsp3) is 0.611. The predicted octanol–water partition coefficient (Wildman–Crippen LogP) is 1.47. The van der Waals surface area contributed by atoms with Crippen LogP contribution in [0.2, 0.25) is 0 Å². The Morgan fingerprint density at radius 3 is 2.61 bits per heavy atom. The summed E-state index contributed by atoms with van der Waals surface area (Å²) in [5.74, 6) is 0.652. The Balaban J connectivity index is 1.63. The van der Waals surface area contributed by atoms with E-state index in [0.29, 0.717) is 5.96 Å². The van der Waals surface area contributed by atoms with Crippen molar-refractivity contribution in [3.8, 4) is 0 Å². The summed E-state index contributed by atoms with van der Waals surface area (Å²) in [4.78, 5) is 9.31. The third-order valence-corrected chi connectivity index (χ3v) is 4.95. The van der Waals surface area contributed by atoms with E-state index >= 15 is 0 Å². The molecule has 0 unspecified atom stereocenters. The van der Waals surface area contributed by atoms with Gasteiger partial charge in [-0.05, 0) is 31.4 Å². The Morgan fingerprint density at radius 1 is 1.17 bits per heavy atom. The van der Waals surface area contributed by atoms with Crippen LogP contribution in [0.1, 0.15) is 25.0 Å². The number of hydrogen-bond acceptors (Lipinski definition) is 3. The normalized spacial score (nSPS) is 20.4. The molecule has 0 amide bonds. The van der Waals surface area contributed by atoms with E-state index in [9.17, 15) is 0 Å². The molecule has 0 spiro atoms. The van der Waals surface area contributed by atoms with Gasteiger partial charge in [-0.2, -0.15) is 0 Å². The lowest BCUT2D eigenvalue weighted by Crippen LogP contribution is -2.50. The van der Waals surface area contributed by atoms with Gasteiger partial charge in [-0.3, -0.25) is 9.89 Å². The molecule has 0 aromatic heterocycles. The molecule has 1 saturated heterocycles. The zero-order valence-corrected chi connectivity index (χ0v) is 14.3. The van der Waals surface area contributed by atoms with Crippen LogP contribution >= 0.6 is 0 Å². The first kappa shape index (κ1) is 16.3. The van der Waals surface area contributed by atoms with Crippen LogP contribution < -0.4 is 5.73 Å². The smallest absolute Gasteiger partial charge is 0.191 e. The van der Waals surface area contributed by atoms with E-state index in [0.717, 1.165) is 52.4 Å². The predicted molar refractivity (Wildman–Crippen MR) is 93.5 cm³/mol. The highest BCUT2D eigenvalue weighted by Gasteiger charge is 2.29. The highest BCUT2D eigenvalue weighted by Crippen LogP contribution is 2.25. The van der Waals surface area contributed by atoms with Crippen LogP contribution in [0.4, 0.5) is 0 Å². The second kappa shape index (κ2) is 6.89. The van der Waals surface area contributed by atoms with Crippen molar-refractivity contribution in [2.75, 3.05) is 39.4 Å². The minimum atomic E-state index is 0.00440. The van der Waals surface area contributed by atoms with Gasteiger partial charge in [0.2, 0.25) is 0 Å². The molecule has 126 valence electrons. The topological polar surface area (TPSA) is 54.1 Å². The number of morpholine rings is 1. The molecule has 2 heterocycles. The minimum Gasteiger partial charge on any atom is -0.378 e. The summed E-state index contributed by atoms with van der Waals surface area (Å²) in [6, 6.07) is 8.74. The molecule has 2 aliphatic rings. The monoisotopic (exact) mass is 316 g/mol. The van der Waals surface area contributed by atoms with E-state index in [4.69, 9.17) is 10.5 Å². The van der Waals surface area contributed by atoms with E-state index in [1.807, 2.05) is 0 Å². The number of benzene rings is 1. The molecule has 2 aliphatic heterocycles. The Labute approximate surface area is 139 Å². The Morgan fingerprint density at radius 2 is 1.87 bits per heavy atom. The van der Waals surface area contributed by atoms with Crippen molar-refractivity contribution in [2.45, 2.75) is 32.4 Å². The van der Waals surface area contributed by atoms with E-state index in [2.05, 4.69) is 52.9 Å². The van der Waals surface area contributed by atoms with Crippen molar-refractivity contribution in [3.05, 3.63) is 35.4 Å². The lowest BCUT2D eigenvalue weighted by Gasteiger charge is -2.41. The molecule has 3 rings (SSSR count). The lowest BCUT2D eigenvalue weighted by atomic mass is 9.94. The van der Waals surface area contributed by atoms with Gasteiger partial charge in [-0.1, -0.05) is 24.3 Å². The number of hydrogen-bond donors (Lipinski definition) is 1. The molecule has 0 saturated carbocycles. The average Bonchev–Trinajstić information content (AvgIpc) is 2.60. The summed E-state index contributed by atoms with van der Waals surface area (Å²) in [6.07, 6.45) is 1.11. The van der Waals surface area contributed by atoms with Crippen molar-refractivity contribution >= 4 is 5.96 Å². The van der Waals surface area contributed by atoms with Crippen LogP contribution in [0.3, 0.4) is 0 Å². The van der Waals surface area contributed by atoms with Gasteiger partial charge in [0.05, 0.1) is 19.8 Å². The second-order valence-electron chi connectivity index (χ2n) is 7.03. The van der Waals surface area contributed by atoms with Crippen LogP contribution in [0.25, 0.3) is 0 Å². The van der Waals surface area contributed by atoms with Crippen LogP contribution in [-0.4, -0.2) is 60.7 Å². The summed E-state index contributed by atoms with van der Waals surface area (Å²) >= 11 is 0. The molecule has 1 aromatic rings. The van der Waals surface area contributed by atoms with Gasteiger partial charge < -0.3 is 15.4 Å². The first-order valence-electron chi connectivity index (χ1n) is 8.51. The number of fused-ring (bicyclic) bond motifs is 1. The molecule has 0 atom stereocenters. The fourth-order valence-corrected chi connectivity index (χ4v) is 3.28. The number of nitrogens with two attached hydrogens (primary N) is 1. The lowest BCUT2D eigenvalue weighted by molar-refractivity contribution is 0.0669. The zero-order chi connectivity index (χ0) is 16.3. The van der Waals surface area contributed by atoms with Gasteiger partial charge >= 0.3 is 0 Å². The third kappa shape index (κ3) is 3.85. The van der Waals surface area contributed by atoms with Crippen LogP contribution in [0, 0.1) is 0 Å². The van der Waals surface area contributed by atoms with Crippen molar-refractivity contribution in [1.29, 1.82) is 0 Å². The molecule has 2 N–H and O–H groups in total. The molecule has 1 fully saturated rings. The van der Waals surface area contributed by atoms with Gasteiger partial charge in [0, 0.05) is 31.7 Å². The SMILES string of the molecule is CC(C)(CN=C(N)N1CCOCC1)N1CCc2ccccc2C1. The molecule has 1 aromatic carbocycles. The highest BCUT2D eigenvalue weighted by molar-refractivity contribution is 5.78. The van der Waals surface area contributed by atoms with Crippen LogP contribution in [-0.2, 0) is 17.7 Å². The molecule has 0 bridgehead atoms. The molecule has 0 aliphatic carbocycles.